The lowest BCUT2D eigenvalue weighted by Crippen LogP contribution is -2.35. The number of thioether (sulfide) groups is 1. The summed E-state index contributed by atoms with van der Waals surface area (Å²) in [6.45, 7) is 4.15. The van der Waals surface area contributed by atoms with Gasteiger partial charge >= 0.3 is 0 Å². The first kappa shape index (κ1) is 30.0. The maximum atomic E-state index is 11.8. The van der Waals surface area contributed by atoms with Crippen molar-refractivity contribution in [3.05, 3.63) is 77.3 Å². The van der Waals surface area contributed by atoms with Gasteiger partial charge in [0.05, 0.1) is 62.1 Å². The highest BCUT2D eigenvalue weighted by atomic mass is 35.5. The predicted octanol–water partition coefficient (Wildman–Crippen LogP) is 5.71. The van der Waals surface area contributed by atoms with Crippen LogP contribution in [-0.2, 0) is 27.1 Å². The van der Waals surface area contributed by atoms with Crippen molar-refractivity contribution in [2.24, 2.45) is 0 Å². The van der Waals surface area contributed by atoms with E-state index in [2.05, 4.69) is 30.2 Å². The van der Waals surface area contributed by atoms with Crippen molar-refractivity contribution in [1.29, 1.82) is 0 Å². The summed E-state index contributed by atoms with van der Waals surface area (Å²) in [5.74, 6) is 3.74. The zero-order valence-electron chi connectivity index (χ0n) is 23.1. The molecule has 0 amide bonds. The van der Waals surface area contributed by atoms with Crippen LogP contribution >= 0.6 is 23.4 Å². The third kappa shape index (κ3) is 8.29. The SMILES string of the molecule is COc1cc(SCc2ccc(CN3CCOCC3)o2)ccc1Nc1ncc(Cl)c(Nc2ccccc2NS(C)(=O)=O)n1. The number of ether oxygens (including phenoxy) is 2. The Labute approximate surface area is 254 Å². The number of nitrogens with zero attached hydrogens (tertiary/aromatic N) is 3. The minimum atomic E-state index is -3.48. The summed E-state index contributed by atoms with van der Waals surface area (Å²) in [5.41, 5.74) is 1.51. The van der Waals surface area contributed by atoms with Crippen LogP contribution in [0.4, 0.5) is 28.8 Å². The molecule has 3 N–H and O–H groups in total. The molecule has 1 saturated heterocycles. The van der Waals surface area contributed by atoms with E-state index in [0.29, 0.717) is 34.4 Å². The number of anilines is 5. The number of morpholine rings is 1. The van der Waals surface area contributed by atoms with Gasteiger partial charge in [-0.1, -0.05) is 23.7 Å². The van der Waals surface area contributed by atoms with Crippen molar-refractivity contribution >= 4 is 62.2 Å². The fraction of sp³-hybridized carbons (Fsp3) is 0.286. The number of rotatable bonds is 12. The van der Waals surface area contributed by atoms with Gasteiger partial charge in [-0.05, 0) is 42.5 Å². The van der Waals surface area contributed by atoms with Crippen LogP contribution in [0.5, 0.6) is 5.75 Å². The number of methoxy groups -OCH3 is 1. The Hall–Kier alpha value is -3.49. The van der Waals surface area contributed by atoms with E-state index in [1.165, 1.54) is 6.20 Å². The molecule has 4 aromatic rings. The molecular formula is C28H31ClN6O5S2. The van der Waals surface area contributed by atoms with Gasteiger partial charge in [0.25, 0.3) is 0 Å². The maximum absolute atomic E-state index is 11.8. The van der Waals surface area contributed by atoms with E-state index in [4.69, 9.17) is 25.5 Å². The van der Waals surface area contributed by atoms with E-state index in [-0.39, 0.29) is 11.0 Å². The van der Waals surface area contributed by atoms with Crippen LogP contribution in [0.1, 0.15) is 11.5 Å². The molecule has 0 atom stereocenters. The molecule has 1 aliphatic rings. The average molecular weight is 631 g/mol. The second kappa shape index (κ2) is 13.7. The molecular weight excluding hydrogens is 600 g/mol. The van der Waals surface area contributed by atoms with Gasteiger partial charge in [-0.2, -0.15) is 4.98 Å². The first-order chi connectivity index (χ1) is 20.3. The summed E-state index contributed by atoms with van der Waals surface area (Å²) in [7, 11) is -1.88. The molecule has 1 aliphatic heterocycles. The molecule has 1 fully saturated rings. The van der Waals surface area contributed by atoms with Crippen LogP contribution in [0, 0.1) is 0 Å². The molecule has 5 rings (SSSR count). The van der Waals surface area contributed by atoms with E-state index in [1.54, 1.807) is 43.1 Å². The van der Waals surface area contributed by atoms with Crippen LogP contribution < -0.4 is 20.1 Å². The zero-order valence-corrected chi connectivity index (χ0v) is 25.5. The third-order valence-electron chi connectivity index (χ3n) is 6.22. The van der Waals surface area contributed by atoms with Crippen molar-refractivity contribution in [3.63, 3.8) is 0 Å². The molecule has 222 valence electrons. The lowest BCUT2D eigenvalue weighted by atomic mass is 10.2. The summed E-state index contributed by atoms with van der Waals surface area (Å²) in [6.07, 6.45) is 2.54. The van der Waals surface area contributed by atoms with Crippen LogP contribution in [-0.4, -0.2) is 63.0 Å². The number of halogens is 1. The van der Waals surface area contributed by atoms with Crippen LogP contribution in [0.15, 0.2) is 70.1 Å². The standard InChI is InChI=1S/C28H31ClN6O5S2/c1-38-26-15-21(41-18-20-8-7-19(40-20)17-35-11-13-39-14-12-35)9-10-25(26)32-28-30-16-22(29)27(33-28)31-23-5-3-4-6-24(23)34-42(2,36)37/h3-10,15-16,34H,11-14,17-18H2,1-2H3,(H2,30,31,32,33). The summed E-state index contributed by atoms with van der Waals surface area (Å²) in [4.78, 5) is 12.1. The molecule has 42 heavy (non-hydrogen) atoms. The highest BCUT2D eigenvalue weighted by Crippen LogP contribution is 2.34. The van der Waals surface area contributed by atoms with E-state index in [9.17, 15) is 8.42 Å². The fourth-order valence-corrected chi connectivity index (χ4v) is 5.76. The fourth-order valence-electron chi connectivity index (χ4n) is 4.23. The van der Waals surface area contributed by atoms with E-state index < -0.39 is 10.0 Å². The molecule has 14 heteroatoms. The van der Waals surface area contributed by atoms with Crippen molar-refractivity contribution in [2.75, 3.05) is 55.0 Å². The van der Waals surface area contributed by atoms with Crippen molar-refractivity contribution < 1.29 is 22.3 Å². The quantitative estimate of drug-likeness (QED) is 0.166. The first-order valence-electron chi connectivity index (χ1n) is 13.1. The maximum Gasteiger partial charge on any atom is 0.229 e. The molecule has 0 radical (unpaired) electrons. The van der Waals surface area contributed by atoms with Crippen molar-refractivity contribution in [2.45, 2.75) is 17.2 Å². The molecule has 0 aliphatic carbocycles. The van der Waals surface area contributed by atoms with Gasteiger partial charge in [-0.15, -0.1) is 11.8 Å². The highest BCUT2D eigenvalue weighted by molar-refractivity contribution is 7.98. The number of nitrogens with one attached hydrogen (secondary N) is 3. The van der Waals surface area contributed by atoms with Gasteiger partial charge in [0.15, 0.2) is 5.82 Å². The van der Waals surface area contributed by atoms with E-state index >= 15 is 0 Å². The highest BCUT2D eigenvalue weighted by Gasteiger charge is 2.15. The number of furan rings is 1. The normalized spacial score (nSPS) is 14.0. The van der Waals surface area contributed by atoms with Crippen molar-refractivity contribution in [1.82, 2.24) is 14.9 Å². The topological polar surface area (TPSA) is 131 Å². The molecule has 0 unspecified atom stereocenters. The number of para-hydroxylation sites is 2. The van der Waals surface area contributed by atoms with Crippen LogP contribution in [0.25, 0.3) is 0 Å². The lowest BCUT2D eigenvalue weighted by molar-refractivity contribution is 0.0312. The van der Waals surface area contributed by atoms with E-state index in [1.807, 2.05) is 30.3 Å². The van der Waals surface area contributed by atoms with Gasteiger partial charge < -0.3 is 24.5 Å². The molecule has 0 saturated carbocycles. The Morgan fingerprint density at radius 1 is 1.02 bits per heavy atom. The van der Waals surface area contributed by atoms with Gasteiger partial charge in [-0.25, -0.2) is 13.4 Å². The van der Waals surface area contributed by atoms with Gasteiger partial charge in [-0.3, -0.25) is 9.62 Å². The van der Waals surface area contributed by atoms with E-state index in [0.717, 1.165) is 55.5 Å². The second-order valence-electron chi connectivity index (χ2n) is 9.47. The van der Waals surface area contributed by atoms with Crippen LogP contribution in [0.3, 0.4) is 0 Å². The number of hydrogen-bond acceptors (Lipinski definition) is 11. The molecule has 3 heterocycles. The monoisotopic (exact) mass is 630 g/mol. The van der Waals surface area contributed by atoms with Crippen LogP contribution in [0.2, 0.25) is 5.02 Å². The smallest absolute Gasteiger partial charge is 0.229 e. The zero-order chi connectivity index (χ0) is 29.5. The summed E-state index contributed by atoms with van der Waals surface area (Å²) in [5, 5.41) is 6.52. The summed E-state index contributed by atoms with van der Waals surface area (Å²) >= 11 is 8.00. The molecule has 11 nitrogen and oxygen atoms in total. The number of aromatic nitrogens is 2. The van der Waals surface area contributed by atoms with Gasteiger partial charge in [0, 0.05) is 18.0 Å². The number of sulfonamides is 1. The minimum Gasteiger partial charge on any atom is -0.495 e. The molecule has 0 bridgehead atoms. The third-order valence-corrected chi connectivity index (χ3v) is 8.10. The molecule has 2 aromatic heterocycles. The Morgan fingerprint density at radius 3 is 2.55 bits per heavy atom. The Morgan fingerprint density at radius 2 is 1.79 bits per heavy atom. The predicted molar refractivity (Wildman–Crippen MR) is 166 cm³/mol. The summed E-state index contributed by atoms with van der Waals surface area (Å²) in [6, 6.07) is 16.7. The average Bonchev–Trinajstić information content (AvgIpc) is 3.42. The van der Waals surface area contributed by atoms with Gasteiger partial charge in [0.1, 0.15) is 22.3 Å². The number of hydrogen-bond donors (Lipinski definition) is 3. The molecule has 2 aromatic carbocycles. The first-order valence-corrected chi connectivity index (χ1v) is 16.3. The summed E-state index contributed by atoms with van der Waals surface area (Å²) < 4.78 is 43.1. The molecule has 0 spiro atoms. The second-order valence-corrected chi connectivity index (χ2v) is 12.7. The number of benzene rings is 2. The Kier molecular flexibility index (Phi) is 9.75. The van der Waals surface area contributed by atoms with Gasteiger partial charge in [0.2, 0.25) is 16.0 Å². The van der Waals surface area contributed by atoms with Crippen molar-refractivity contribution in [3.8, 4) is 5.75 Å². The minimum absolute atomic E-state index is 0.263. The Balaban J connectivity index is 1.24. The Bertz CT molecular complexity index is 1630. The lowest BCUT2D eigenvalue weighted by Gasteiger charge is -2.25. The largest absolute Gasteiger partial charge is 0.495 e.